The topological polar surface area (TPSA) is 94.1 Å². The second-order valence-corrected chi connectivity index (χ2v) is 5.54. The third kappa shape index (κ3) is 8.47. The fourth-order valence-electron chi connectivity index (χ4n) is 1.88. The van der Waals surface area contributed by atoms with Crippen LogP contribution in [0.25, 0.3) is 0 Å². The van der Waals surface area contributed by atoms with Gasteiger partial charge >= 0.3 is 5.97 Å². The van der Waals surface area contributed by atoms with Crippen molar-refractivity contribution in [2.24, 2.45) is 5.92 Å². The molecular weight excluding hydrogens is 306 g/mol. The third-order valence-electron chi connectivity index (χ3n) is 2.81. The number of carbonyl (C=O) groups excluding carboxylic acids is 1. The number of hydrogen-bond donors (Lipinski definition) is 2. The van der Waals surface area contributed by atoms with Gasteiger partial charge in [0, 0.05) is 32.2 Å². The van der Waals surface area contributed by atoms with Crippen molar-refractivity contribution in [3.05, 3.63) is 0 Å². The zero-order chi connectivity index (χ0) is 17.2. The first-order chi connectivity index (χ1) is 10.3. The smallest absolute Gasteiger partial charge is 0.304 e. The van der Waals surface area contributed by atoms with Crippen LogP contribution in [0.3, 0.4) is 0 Å². The van der Waals surface area contributed by atoms with Crippen LogP contribution in [0.15, 0.2) is 0 Å². The number of amides is 1. The minimum Gasteiger partial charge on any atom is -0.481 e. The van der Waals surface area contributed by atoms with Crippen LogP contribution in [0.5, 0.6) is 0 Å². The zero-order valence-corrected chi connectivity index (χ0v) is 14.7. The molecule has 0 bridgehead atoms. The number of carboxylic acids is 1. The highest BCUT2D eigenvalue weighted by molar-refractivity contribution is 6.13. The van der Waals surface area contributed by atoms with Crippen molar-refractivity contribution in [1.29, 1.82) is 0 Å². The van der Waals surface area contributed by atoms with Crippen LogP contribution in [0.1, 0.15) is 40.5 Å². The second kappa shape index (κ2) is 10.7. The molecule has 0 aromatic heterocycles. The Labute approximate surface area is 135 Å². The van der Waals surface area contributed by atoms with Crippen LogP contribution in [0.2, 0.25) is 0 Å². The first-order valence-corrected chi connectivity index (χ1v) is 7.94. The lowest BCUT2D eigenvalue weighted by atomic mass is 10.1. The number of nitrogens with one attached hydrogen (secondary N) is 1. The SMILES string of the molecule is CCOC(CC([Si])(OCC)OCC)NC(=O)C(C)CC(=O)O. The molecule has 0 aliphatic heterocycles. The fourth-order valence-corrected chi connectivity index (χ4v) is 2.35. The monoisotopic (exact) mass is 332 g/mol. The molecule has 2 unspecified atom stereocenters. The molecule has 0 fully saturated rings. The van der Waals surface area contributed by atoms with Gasteiger partial charge in [0.05, 0.1) is 6.42 Å². The Morgan fingerprint density at radius 1 is 1.18 bits per heavy atom. The van der Waals surface area contributed by atoms with E-state index in [1.54, 1.807) is 13.8 Å². The van der Waals surface area contributed by atoms with Crippen LogP contribution in [-0.2, 0) is 23.8 Å². The summed E-state index contributed by atoms with van der Waals surface area (Å²) in [5.74, 6) is -2.06. The molecule has 0 aromatic rings. The Morgan fingerprint density at radius 2 is 1.73 bits per heavy atom. The predicted octanol–water partition coefficient (Wildman–Crippen LogP) is 0.861. The summed E-state index contributed by atoms with van der Waals surface area (Å²) in [4.78, 5) is 22.7. The lowest BCUT2D eigenvalue weighted by Gasteiger charge is -2.33. The number of hydrogen-bond acceptors (Lipinski definition) is 5. The maximum Gasteiger partial charge on any atom is 0.304 e. The van der Waals surface area contributed by atoms with Gasteiger partial charge < -0.3 is 24.6 Å². The van der Waals surface area contributed by atoms with Crippen molar-refractivity contribution < 1.29 is 28.9 Å². The molecule has 8 heteroatoms. The van der Waals surface area contributed by atoms with Gasteiger partial charge in [0.25, 0.3) is 0 Å². The van der Waals surface area contributed by atoms with E-state index in [1.807, 2.05) is 13.8 Å². The Bertz CT molecular complexity index is 346. The third-order valence-corrected chi connectivity index (χ3v) is 3.30. The number of ether oxygens (including phenoxy) is 3. The highest BCUT2D eigenvalue weighted by Crippen LogP contribution is 2.18. The molecule has 0 aliphatic rings. The van der Waals surface area contributed by atoms with Gasteiger partial charge in [0.2, 0.25) is 5.91 Å². The number of carboxylic acid groups (broad SMARTS) is 1. The fraction of sp³-hybridized carbons (Fsp3) is 0.857. The lowest BCUT2D eigenvalue weighted by Crippen LogP contribution is -2.48. The summed E-state index contributed by atoms with van der Waals surface area (Å²) in [6.45, 7) is 8.25. The van der Waals surface area contributed by atoms with Gasteiger partial charge in [-0.1, -0.05) is 6.92 Å². The molecule has 7 nitrogen and oxygen atoms in total. The van der Waals surface area contributed by atoms with Crippen molar-refractivity contribution in [3.8, 4) is 0 Å². The summed E-state index contributed by atoms with van der Waals surface area (Å²) < 4.78 is 16.5. The van der Waals surface area contributed by atoms with Gasteiger partial charge in [-0.2, -0.15) is 0 Å². The van der Waals surface area contributed by atoms with Gasteiger partial charge in [-0.05, 0) is 20.8 Å². The normalized spacial score (nSPS) is 14.4. The first-order valence-electron chi connectivity index (χ1n) is 7.44. The standard InChI is InChI=1S/C14H26NO6Si/c1-5-19-11(9-14(22,20-6-2)21-7-3)15-13(18)10(4)8-12(16)17/h10-11H,5-9H2,1-4H3,(H,15,18)(H,16,17). The lowest BCUT2D eigenvalue weighted by molar-refractivity contribution is -0.195. The van der Waals surface area contributed by atoms with Crippen molar-refractivity contribution in [1.82, 2.24) is 5.32 Å². The highest BCUT2D eigenvalue weighted by atomic mass is 28.1. The van der Waals surface area contributed by atoms with Crippen molar-refractivity contribution in [3.63, 3.8) is 0 Å². The molecule has 0 spiro atoms. The summed E-state index contributed by atoms with van der Waals surface area (Å²) in [7, 11) is 3.43. The predicted molar refractivity (Wildman–Crippen MR) is 81.3 cm³/mol. The molecule has 0 saturated heterocycles. The average molecular weight is 332 g/mol. The molecule has 0 aliphatic carbocycles. The van der Waals surface area contributed by atoms with Gasteiger partial charge in [-0.15, -0.1) is 0 Å². The molecule has 2 atom stereocenters. The highest BCUT2D eigenvalue weighted by Gasteiger charge is 2.31. The van der Waals surface area contributed by atoms with E-state index in [4.69, 9.17) is 19.3 Å². The average Bonchev–Trinajstić information content (AvgIpc) is 2.38. The van der Waals surface area contributed by atoms with E-state index >= 15 is 0 Å². The largest absolute Gasteiger partial charge is 0.481 e. The molecule has 1 amide bonds. The summed E-state index contributed by atoms with van der Waals surface area (Å²) in [6, 6.07) is 0. The van der Waals surface area contributed by atoms with E-state index in [-0.39, 0.29) is 18.7 Å². The molecule has 0 rings (SSSR count). The zero-order valence-electron chi connectivity index (χ0n) is 13.7. The van der Waals surface area contributed by atoms with Crippen molar-refractivity contribution in [2.75, 3.05) is 19.8 Å². The minimum atomic E-state index is -1.06. The van der Waals surface area contributed by atoms with Crippen LogP contribution in [0, 0.1) is 5.92 Å². The Hall–Kier alpha value is -0.963. The summed E-state index contributed by atoms with van der Waals surface area (Å²) >= 11 is 0. The second-order valence-electron chi connectivity index (χ2n) is 4.77. The Morgan fingerprint density at radius 3 is 2.14 bits per heavy atom. The van der Waals surface area contributed by atoms with E-state index in [9.17, 15) is 9.59 Å². The molecule has 22 heavy (non-hydrogen) atoms. The van der Waals surface area contributed by atoms with Crippen molar-refractivity contribution >= 4 is 22.1 Å². The summed E-state index contributed by atoms with van der Waals surface area (Å²) in [6.07, 6.45) is -0.657. The molecule has 0 heterocycles. The molecule has 3 radical (unpaired) electrons. The van der Waals surface area contributed by atoms with Gasteiger partial charge in [-0.25, -0.2) is 0 Å². The van der Waals surface area contributed by atoms with Gasteiger partial charge in [0.15, 0.2) is 0 Å². The number of rotatable bonds is 12. The Kier molecular flexibility index (Phi) is 10.2. The van der Waals surface area contributed by atoms with E-state index in [2.05, 4.69) is 15.6 Å². The number of carbonyl (C=O) groups is 2. The molecule has 2 N–H and O–H groups in total. The Balaban J connectivity index is 4.76. The molecule has 0 aromatic carbocycles. The summed E-state index contributed by atoms with van der Waals surface area (Å²) in [5.41, 5.74) is -1.06. The van der Waals surface area contributed by atoms with E-state index < -0.39 is 23.5 Å². The van der Waals surface area contributed by atoms with Crippen LogP contribution < -0.4 is 5.32 Å². The van der Waals surface area contributed by atoms with Gasteiger partial charge in [0.1, 0.15) is 21.9 Å². The van der Waals surface area contributed by atoms with E-state index in [0.29, 0.717) is 19.8 Å². The maximum absolute atomic E-state index is 12.0. The van der Waals surface area contributed by atoms with Crippen LogP contribution in [0.4, 0.5) is 0 Å². The van der Waals surface area contributed by atoms with E-state index in [1.165, 1.54) is 0 Å². The number of aliphatic carboxylic acids is 1. The molecule has 0 saturated carbocycles. The quantitative estimate of drug-likeness (QED) is 0.407. The minimum absolute atomic E-state index is 0.227. The maximum atomic E-state index is 12.0. The van der Waals surface area contributed by atoms with Crippen LogP contribution >= 0.6 is 0 Å². The van der Waals surface area contributed by atoms with Crippen molar-refractivity contribution in [2.45, 2.75) is 52.2 Å². The summed E-state index contributed by atoms with van der Waals surface area (Å²) in [5, 5.41) is 11.4. The van der Waals surface area contributed by atoms with E-state index in [0.717, 1.165) is 0 Å². The molecular formula is C14H26NO6Si. The van der Waals surface area contributed by atoms with Crippen LogP contribution in [-0.4, -0.2) is 58.7 Å². The molecule has 127 valence electrons. The van der Waals surface area contributed by atoms with Gasteiger partial charge in [-0.3, -0.25) is 9.59 Å². The first kappa shape index (κ1) is 21.0.